The van der Waals surface area contributed by atoms with Crippen molar-refractivity contribution < 1.29 is 14.6 Å². The number of ether oxygens (including phenoxy) is 1. The van der Waals surface area contributed by atoms with E-state index in [0.717, 1.165) is 38.0 Å². The van der Waals surface area contributed by atoms with Gasteiger partial charge in [0.05, 0.1) is 0 Å². The third-order valence-corrected chi connectivity index (χ3v) is 3.02. The Morgan fingerprint density at radius 1 is 1.36 bits per heavy atom. The number of carbonyl (C=O) groups excluding carboxylic acids is 1. The van der Waals surface area contributed by atoms with Gasteiger partial charge in [0, 0.05) is 13.1 Å². The lowest BCUT2D eigenvalue weighted by molar-refractivity contribution is 0.0526. The molecule has 0 heterocycles. The predicted octanol–water partition coefficient (Wildman–Crippen LogP) is 1.27. The van der Waals surface area contributed by atoms with Gasteiger partial charge in [0.25, 0.3) is 0 Å². The Labute approximate surface area is 133 Å². The Balaban J connectivity index is 2.26. The lowest BCUT2D eigenvalue weighted by atomic mass is 9.84. The second-order valence-electron chi connectivity index (χ2n) is 6.35. The molecule has 0 spiro atoms. The highest BCUT2D eigenvalue weighted by Gasteiger charge is 2.15. The van der Waals surface area contributed by atoms with Crippen LogP contribution in [-0.2, 0) is 11.3 Å². The third kappa shape index (κ3) is 7.47. The molecule has 5 nitrogen and oxygen atoms in total. The van der Waals surface area contributed by atoms with E-state index in [2.05, 4.69) is 10.2 Å². The van der Waals surface area contributed by atoms with E-state index in [1.54, 1.807) is 0 Å². The smallest absolute Gasteiger partial charge is 0.407 e. The minimum atomic E-state index is -0.467. The van der Waals surface area contributed by atoms with E-state index in [-0.39, 0.29) is 6.09 Å². The van der Waals surface area contributed by atoms with E-state index in [9.17, 15) is 9.82 Å². The van der Waals surface area contributed by atoms with Crippen LogP contribution in [0.3, 0.4) is 0 Å². The number of carbonyl (C=O) groups is 1. The maximum atomic E-state index is 11.5. The van der Waals surface area contributed by atoms with Crippen molar-refractivity contribution in [2.75, 3.05) is 20.1 Å². The van der Waals surface area contributed by atoms with Crippen molar-refractivity contribution in [3.05, 3.63) is 29.8 Å². The van der Waals surface area contributed by atoms with Gasteiger partial charge in [-0.1, -0.05) is 24.3 Å². The molecule has 2 N–H and O–H groups in total. The molecule has 0 saturated heterocycles. The lowest BCUT2D eigenvalue weighted by Crippen LogP contribution is -2.34. The molecule has 0 saturated carbocycles. The van der Waals surface area contributed by atoms with Gasteiger partial charge in [-0.2, -0.15) is 0 Å². The number of alkyl carbamates (subject to hydrolysis) is 1. The fourth-order valence-electron chi connectivity index (χ4n) is 2.03. The zero-order valence-electron chi connectivity index (χ0n) is 13.9. The van der Waals surface area contributed by atoms with Crippen molar-refractivity contribution >= 4 is 19.0 Å². The Bertz CT molecular complexity index is 475. The molecule has 6 heteroatoms. The first kappa shape index (κ1) is 18.5. The molecule has 1 aromatic rings. The van der Waals surface area contributed by atoms with Gasteiger partial charge in [-0.3, -0.25) is 0 Å². The monoisotopic (exact) mass is 305 g/mol. The van der Waals surface area contributed by atoms with Crippen LogP contribution in [0.4, 0.5) is 4.79 Å². The van der Waals surface area contributed by atoms with Crippen LogP contribution in [-0.4, -0.2) is 49.2 Å². The molecule has 0 fully saturated rings. The number of hydrogen-bond donors (Lipinski definition) is 2. The molecular weight excluding hydrogens is 279 g/mol. The molecular formula is C16H26BN2O3. The highest BCUT2D eigenvalue weighted by molar-refractivity contribution is 6.46. The summed E-state index contributed by atoms with van der Waals surface area (Å²) in [4.78, 5) is 13.7. The van der Waals surface area contributed by atoms with Crippen molar-refractivity contribution in [1.82, 2.24) is 10.2 Å². The van der Waals surface area contributed by atoms with Gasteiger partial charge in [0.15, 0.2) is 0 Å². The first-order valence-electron chi connectivity index (χ1n) is 7.52. The van der Waals surface area contributed by atoms with Gasteiger partial charge in [0.1, 0.15) is 5.60 Å². The van der Waals surface area contributed by atoms with Crippen molar-refractivity contribution in [2.24, 2.45) is 0 Å². The van der Waals surface area contributed by atoms with Gasteiger partial charge >= 0.3 is 13.6 Å². The Morgan fingerprint density at radius 3 is 2.68 bits per heavy atom. The largest absolute Gasteiger partial charge is 0.450 e. The second kappa shape index (κ2) is 8.81. The summed E-state index contributed by atoms with van der Waals surface area (Å²) in [6.45, 7) is 7.70. The molecule has 0 aliphatic carbocycles. The van der Waals surface area contributed by atoms with Gasteiger partial charge in [-0.15, -0.1) is 0 Å². The first-order chi connectivity index (χ1) is 10.3. The summed E-state index contributed by atoms with van der Waals surface area (Å²) in [5, 5.41) is 11.9. The Kier molecular flexibility index (Phi) is 7.41. The highest BCUT2D eigenvalue weighted by atomic mass is 16.6. The van der Waals surface area contributed by atoms with E-state index in [1.165, 1.54) is 0 Å². The van der Waals surface area contributed by atoms with E-state index < -0.39 is 5.60 Å². The summed E-state index contributed by atoms with van der Waals surface area (Å²) in [5.41, 5.74) is 1.44. The number of benzene rings is 1. The van der Waals surface area contributed by atoms with Crippen LogP contribution in [0.15, 0.2) is 24.3 Å². The summed E-state index contributed by atoms with van der Waals surface area (Å²) in [5.74, 6) is 0. The summed E-state index contributed by atoms with van der Waals surface area (Å²) in [7, 11) is 3.15. The van der Waals surface area contributed by atoms with Crippen LogP contribution in [0.5, 0.6) is 0 Å². The fraction of sp³-hybridized carbons (Fsp3) is 0.562. The SMILES string of the molecule is CN(CCCNC(=O)OC(C)(C)C)Cc1ccccc1[B]O. The first-order valence-corrected chi connectivity index (χ1v) is 7.52. The zero-order chi connectivity index (χ0) is 16.6. The average molecular weight is 305 g/mol. The molecule has 0 atom stereocenters. The maximum absolute atomic E-state index is 11.5. The Hall–Kier alpha value is -1.53. The van der Waals surface area contributed by atoms with Crippen molar-refractivity contribution in [3.8, 4) is 0 Å². The van der Waals surface area contributed by atoms with E-state index in [0.29, 0.717) is 6.54 Å². The predicted molar refractivity (Wildman–Crippen MR) is 89.2 cm³/mol. The molecule has 0 aliphatic heterocycles. The van der Waals surface area contributed by atoms with Crippen LogP contribution < -0.4 is 10.8 Å². The molecule has 0 unspecified atom stereocenters. The van der Waals surface area contributed by atoms with Gasteiger partial charge in [-0.05, 0) is 51.8 Å². The maximum Gasteiger partial charge on any atom is 0.407 e. The van der Waals surface area contributed by atoms with Crippen LogP contribution in [0, 0.1) is 0 Å². The molecule has 1 rings (SSSR count). The van der Waals surface area contributed by atoms with E-state index in [1.807, 2.05) is 52.1 Å². The number of amides is 1. The van der Waals surface area contributed by atoms with E-state index >= 15 is 0 Å². The number of nitrogens with zero attached hydrogens (tertiary/aromatic N) is 1. The van der Waals surface area contributed by atoms with Crippen molar-refractivity contribution in [2.45, 2.75) is 39.3 Å². The summed E-state index contributed by atoms with van der Waals surface area (Å²) < 4.78 is 5.18. The van der Waals surface area contributed by atoms with Gasteiger partial charge in [0.2, 0.25) is 0 Å². The molecule has 121 valence electrons. The van der Waals surface area contributed by atoms with Crippen LogP contribution in [0.1, 0.15) is 32.8 Å². The lowest BCUT2D eigenvalue weighted by Gasteiger charge is -2.21. The minimum Gasteiger partial charge on any atom is -0.450 e. The molecule has 1 radical (unpaired) electrons. The zero-order valence-corrected chi connectivity index (χ0v) is 13.9. The highest BCUT2D eigenvalue weighted by Crippen LogP contribution is 2.06. The normalized spacial score (nSPS) is 11.4. The average Bonchev–Trinajstić information content (AvgIpc) is 2.42. The minimum absolute atomic E-state index is 0.379. The van der Waals surface area contributed by atoms with Crippen LogP contribution in [0.25, 0.3) is 0 Å². The van der Waals surface area contributed by atoms with Crippen LogP contribution in [0.2, 0.25) is 0 Å². The Morgan fingerprint density at radius 2 is 2.05 bits per heavy atom. The number of hydrogen-bond acceptors (Lipinski definition) is 4. The summed E-state index contributed by atoms with van der Waals surface area (Å²) in [6.07, 6.45) is 0.455. The van der Waals surface area contributed by atoms with Crippen LogP contribution >= 0.6 is 0 Å². The van der Waals surface area contributed by atoms with Crippen molar-refractivity contribution in [3.63, 3.8) is 0 Å². The molecule has 0 aromatic heterocycles. The summed E-state index contributed by atoms with van der Waals surface area (Å²) >= 11 is 0. The third-order valence-electron chi connectivity index (χ3n) is 3.02. The second-order valence-corrected chi connectivity index (χ2v) is 6.35. The molecule has 1 aromatic carbocycles. The molecule has 1 amide bonds. The number of rotatable bonds is 7. The van der Waals surface area contributed by atoms with Gasteiger partial charge in [-0.25, -0.2) is 4.79 Å². The molecule has 22 heavy (non-hydrogen) atoms. The van der Waals surface area contributed by atoms with Crippen molar-refractivity contribution in [1.29, 1.82) is 0 Å². The fourth-order valence-corrected chi connectivity index (χ4v) is 2.03. The topological polar surface area (TPSA) is 61.8 Å². The standard InChI is InChI=1S/C16H26BN2O3/c1-16(2,3)22-15(20)18-10-7-11-19(4)12-13-8-5-6-9-14(13)17-21/h5-6,8-9,21H,7,10-12H2,1-4H3,(H,18,20). The number of nitrogens with one attached hydrogen (secondary N) is 1. The molecule has 0 bridgehead atoms. The molecule has 0 aliphatic rings. The van der Waals surface area contributed by atoms with E-state index in [4.69, 9.17) is 4.74 Å². The summed E-state index contributed by atoms with van der Waals surface area (Å²) in [6, 6.07) is 7.74. The van der Waals surface area contributed by atoms with Gasteiger partial charge < -0.3 is 20.0 Å². The quantitative estimate of drug-likeness (QED) is 0.588.